The van der Waals surface area contributed by atoms with E-state index < -0.39 is 0 Å². The molecule has 5 nitrogen and oxygen atoms in total. The zero-order valence-electron chi connectivity index (χ0n) is 13.2. The van der Waals surface area contributed by atoms with Gasteiger partial charge in [0.1, 0.15) is 18.1 Å². The summed E-state index contributed by atoms with van der Waals surface area (Å²) in [7, 11) is 0. The van der Waals surface area contributed by atoms with Crippen LogP contribution in [0.4, 0.5) is 5.69 Å². The SMILES string of the molecule is CCc1ccccc1OCC(=O)Nc1ccc(OCCN)cc1. The summed E-state index contributed by atoms with van der Waals surface area (Å²) >= 11 is 0. The Hall–Kier alpha value is -2.53. The lowest BCUT2D eigenvalue weighted by Crippen LogP contribution is -2.20. The van der Waals surface area contributed by atoms with Gasteiger partial charge in [-0.3, -0.25) is 4.79 Å². The molecule has 0 bridgehead atoms. The van der Waals surface area contributed by atoms with Gasteiger partial charge in [0, 0.05) is 12.2 Å². The monoisotopic (exact) mass is 314 g/mol. The van der Waals surface area contributed by atoms with Crippen LogP contribution in [0.1, 0.15) is 12.5 Å². The molecule has 0 atom stereocenters. The second-order valence-electron chi connectivity index (χ2n) is 4.96. The van der Waals surface area contributed by atoms with Crippen LogP contribution in [0.5, 0.6) is 11.5 Å². The van der Waals surface area contributed by atoms with Crippen molar-refractivity contribution in [2.45, 2.75) is 13.3 Å². The Morgan fingerprint density at radius 3 is 2.52 bits per heavy atom. The van der Waals surface area contributed by atoms with E-state index in [1.807, 2.05) is 24.3 Å². The van der Waals surface area contributed by atoms with E-state index in [1.165, 1.54) is 0 Å². The summed E-state index contributed by atoms with van der Waals surface area (Å²) in [6, 6.07) is 14.9. The zero-order valence-corrected chi connectivity index (χ0v) is 13.2. The van der Waals surface area contributed by atoms with Crippen LogP contribution in [-0.2, 0) is 11.2 Å². The standard InChI is InChI=1S/C18H22N2O3/c1-2-14-5-3-4-6-17(14)23-13-18(21)20-15-7-9-16(10-8-15)22-12-11-19/h3-10H,2,11-13,19H2,1H3,(H,20,21). The predicted molar refractivity (Wildman–Crippen MR) is 90.9 cm³/mol. The van der Waals surface area contributed by atoms with E-state index in [0.29, 0.717) is 18.8 Å². The molecule has 3 N–H and O–H groups in total. The van der Waals surface area contributed by atoms with E-state index in [4.69, 9.17) is 15.2 Å². The van der Waals surface area contributed by atoms with Gasteiger partial charge in [0.15, 0.2) is 6.61 Å². The molecule has 0 spiro atoms. The van der Waals surface area contributed by atoms with Gasteiger partial charge < -0.3 is 20.5 Å². The Labute approximate surface area is 136 Å². The molecule has 23 heavy (non-hydrogen) atoms. The van der Waals surface area contributed by atoms with E-state index in [0.717, 1.165) is 23.5 Å². The van der Waals surface area contributed by atoms with Crippen molar-refractivity contribution >= 4 is 11.6 Å². The predicted octanol–water partition coefficient (Wildman–Crippen LogP) is 2.60. The maximum absolute atomic E-state index is 12.0. The van der Waals surface area contributed by atoms with Crippen LogP contribution < -0.4 is 20.5 Å². The minimum Gasteiger partial charge on any atom is -0.492 e. The normalized spacial score (nSPS) is 10.2. The number of ether oxygens (including phenoxy) is 2. The molecule has 5 heteroatoms. The van der Waals surface area contributed by atoms with Crippen LogP contribution >= 0.6 is 0 Å². The lowest BCUT2D eigenvalue weighted by atomic mass is 10.1. The molecule has 0 saturated heterocycles. The van der Waals surface area contributed by atoms with E-state index >= 15 is 0 Å². The number of nitrogens with two attached hydrogens (primary N) is 1. The summed E-state index contributed by atoms with van der Waals surface area (Å²) in [6.45, 7) is 2.96. The first-order chi connectivity index (χ1) is 11.2. The third-order valence-electron chi connectivity index (χ3n) is 3.24. The average molecular weight is 314 g/mol. The summed E-state index contributed by atoms with van der Waals surface area (Å²) in [5.74, 6) is 1.27. The molecular weight excluding hydrogens is 292 g/mol. The number of para-hydroxylation sites is 1. The number of rotatable bonds is 8. The van der Waals surface area contributed by atoms with E-state index in [-0.39, 0.29) is 12.5 Å². The molecule has 0 fully saturated rings. The molecule has 0 aliphatic rings. The second-order valence-corrected chi connectivity index (χ2v) is 4.96. The Morgan fingerprint density at radius 2 is 1.83 bits per heavy atom. The van der Waals surface area contributed by atoms with E-state index in [1.54, 1.807) is 24.3 Å². The molecule has 0 saturated carbocycles. The van der Waals surface area contributed by atoms with Crippen LogP contribution in [0.2, 0.25) is 0 Å². The van der Waals surface area contributed by atoms with Crippen molar-refractivity contribution < 1.29 is 14.3 Å². The maximum Gasteiger partial charge on any atom is 0.262 e. The first-order valence-corrected chi connectivity index (χ1v) is 7.66. The fourth-order valence-corrected chi connectivity index (χ4v) is 2.09. The molecule has 0 unspecified atom stereocenters. The lowest BCUT2D eigenvalue weighted by molar-refractivity contribution is -0.118. The molecule has 2 rings (SSSR count). The van der Waals surface area contributed by atoms with Gasteiger partial charge in [-0.1, -0.05) is 25.1 Å². The van der Waals surface area contributed by atoms with Crippen molar-refractivity contribution in [3.63, 3.8) is 0 Å². The van der Waals surface area contributed by atoms with Gasteiger partial charge in [0.25, 0.3) is 5.91 Å². The molecule has 0 aromatic heterocycles. The largest absolute Gasteiger partial charge is 0.492 e. The highest BCUT2D eigenvalue weighted by molar-refractivity contribution is 5.91. The third kappa shape index (κ3) is 5.30. The lowest BCUT2D eigenvalue weighted by Gasteiger charge is -2.11. The second kappa shape index (κ2) is 8.80. The molecule has 2 aromatic rings. The van der Waals surface area contributed by atoms with Crippen LogP contribution in [0.25, 0.3) is 0 Å². The van der Waals surface area contributed by atoms with Crippen molar-refractivity contribution in [2.75, 3.05) is 25.1 Å². The summed E-state index contributed by atoms with van der Waals surface area (Å²) in [5, 5.41) is 2.79. The summed E-state index contributed by atoms with van der Waals surface area (Å²) in [5.41, 5.74) is 7.16. The fraction of sp³-hybridized carbons (Fsp3) is 0.278. The number of nitrogens with one attached hydrogen (secondary N) is 1. The number of carbonyl (C=O) groups excluding carboxylic acids is 1. The smallest absolute Gasteiger partial charge is 0.262 e. The molecule has 0 aliphatic carbocycles. The number of amides is 1. The maximum atomic E-state index is 12.0. The quantitative estimate of drug-likeness (QED) is 0.785. The van der Waals surface area contributed by atoms with Crippen molar-refractivity contribution in [1.82, 2.24) is 0 Å². The van der Waals surface area contributed by atoms with Gasteiger partial charge in [0.2, 0.25) is 0 Å². The van der Waals surface area contributed by atoms with Gasteiger partial charge in [-0.15, -0.1) is 0 Å². The fourth-order valence-electron chi connectivity index (χ4n) is 2.09. The number of carbonyl (C=O) groups is 1. The topological polar surface area (TPSA) is 73.6 Å². The van der Waals surface area contributed by atoms with Gasteiger partial charge in [0.05, 0.1) is 0 Å². The minimum atomic E-state index is -0.202. The Kier molecular flexibility index (Phi) is 6.44. The Morgan fingerprint density at radius 1 is 1.09 bits per heavy atom. The number of hydrogen-bond donors (Lipinski definition) is 2. The zero-order chi connectivity index (χ0) is 16.5. The summed E-state index contributed by atoms with van der Waals surface area (Å²) in [6.07, 6.45) is 0.863. The summed E-state index contributed by atoms with van der Waals surface area (Å²) in [4.78, 5) is 12.0. The third-order valence-corrected chi connectivity index (χ3v) is 3.24. The van der Waals surface area contributed by atoms with Crippen LogP contribution in [-0.4, -0.2) is 25.7 Å². The first-order valence-electron chi connectivity index (χ1n) is 7.66. The Bertz CT molecular complexity index is 626. The van der Waals surface area contributed by atoms with Crippen molar-refractivity contribution in [3.8, 4) is 11.5 Å². The molecule has 0 aliphatic heterocycles. The van der Waals surface area contributed by atoms with E-state index in [2.05, 4.69) is 12.2 Å². The first kappa shape index (κ1) is 16.8. The van der Waals surface area contributed by atoms with Crippen molar-refractivity contribution in [1.29, 1.82) is 0 Å². The van der Waals surface area contributed by atoms with Crippen LogP contribution in [0, 0.1) is 0 Å². The van der Waals surface area contributed by atoms with Crippen LogP contribution in [0.15, 0.2) is 48.5 Å². The highest BCUT2D eigenvalue weighted by Gasteiger charge is 2.06. The van der Waals surface area contributed by atoms with Gasteiger partial charge >= 0.3 is 0 Å². The van der Waals surface area contributed by atoms with Gasteiger partial charge in [-0.05, 0) is 42.3 Å². The van der Waals surface area contributed by atoms with Crippen molar-refractivity contribution in [2.24, 2.45) is 5.73 Å². The van der Waals surface area contributed by atoms with Gasteiger partial charge in [-0.25, -0.2) is 0 Å². The number of benzene rings is 2. The van der Waals surface area contributed by atoms with E-state index in [9.17, 15) is 4.79 Å². The van der Waals surface area contributed by atoms with Crippen LogP contribution in [0.3, 0.4) is 0 Å². The molecule has 2 aromatic carbocycles. The molecule has 1 amide bonds. The molecule has 122 valence electrons. The number of hydrogen-bond acceptors (Lipinski definition) is 4. The minimum absolute atomic E-state index is 0.0254. The number of aryl methyl sites for hydroxylation is 1. The highest BCUT2D eigenvalue weighted by Crippen LogP contribution is 2.19. The van der Waals surface area contributed by atoms with Gasteiger partial charge in [-0.2, -0.15) is 0 Å². The summed E-state index contributed by atoms with van der Waals surface area (Å²) < 4.78 is 11.0. The average Bonchev–Trinajstić information content (AvgIpc) is 2.59. The molecular formula is C18H22N2O3. The Balaban J connectivity index is 1.84. The molecule has 0 radical (unpaired) electrons. The molecule has 0 heterocycles. The van der Waals surface area contributed by atoms with Crippen molar-refractivity contribution in [3.05, 3.63) is 54.1 Å². The number of anilines is 1. The highest BCUT2D eigenvalue weighted by atomic mass is 16.5.